The molecule has 1 aromatic heterocycles. The molecule has 0 spiro atoms. The van der Waals surface area contributed by atoms with Crippen molar-refractivity contribution in [3.8, 4) is 17.2 Å². The molecule has 2 amide bonds. The average Bonchev–Trinajstić information content (AvgIpc) is 3.11. The van der Waals surface area contributed by atoms with Crippen LogP contribution in [0.3, 0.4) is 0 Å². The molecule has 164 valence electrons. The lowest BCUT2D eigenvalue weighted by Crippen LogP contribution is -2.35. The third kappa shape index (κ3) is 4.73. The molecule has 2 aromatic carbocycles. The third-order valence-electron chi connectivity index (χ3n) is 4.65. The normalized spacial score (nSPS) is 12.6. The predicted octanol–water partition coefficient (Wildman–Crippen LogP) is 2.49. The summed E-state index contributed by atoms with van der Waals surface area (Å²) < 4.78 is 12.5. The van der Waals surface area contributed by atoms with Crippen LogP contribution in [0.25, 0.3) is 5.69 Å². The van der Waals surface area contributed by atoms with E-state index >= 15 is 0 Å². The smallest absolute Gasteiger partial charge is 0.259 e. The Balaban J connectivity index is 1.32. The zero-order valence-corrected chi connectivity index (χ0v) is 17.9. The first kappa shape index (κ1) is 21.4. The Morgan fingerprint density at radius 3 is 2.69 bits per heavy atom. The molecule has 2 N–H and O–H groups in total. The van der Waals surface area contributed by atoms with Gasteiger partial charge in [0.05, 0.1) is 29.7 Å². The highest BCUT2D eigenvalue weighted by molar-refractivity contribution is 6.32. The van der Waals surface area contributed by atoms with Gasteiger partial charge in [-0.15, -0.1) is 0 Å². The van der Waals surface area contributed by atoms with Crippen molar-refractivity contribution in [2.24, 2.45) is 5.10 Å². The van der Waals surface area contributed by atoms with Gasteiger partial charge in [0.1, 0.15) is 18.4 Å². The van der Waals surface area contributed by atoms with Crippen LogP contribution in [0.15, 0.2) is 53.6 Å². The number of aromatic nitrogens is 2. The molecule has 4 rings (SSSR count). The molecule has 0 saturated heterocycles. The summed E-state index contributed by atoms with van der Waals surface area (Å²) in [6.07, 6.45) is 1.42. The zero-order valence-electron chi connectivity index (χ0n) is 17.2. The number of ether oxygens (including phenoxy) is 2. The van der Waals surface area contributed by atoms with Gasteiger partial charge in [-0.2, -0.15) is 10.2 Å². The number of carbonyl (C=O) groups is 2. The summed E-state index contributed by atoms with van der Waals surface area (Å²) in [5.74, 6) is 0.186. The lowest BCUT2D eigenvalue weighted by atomic mass is 10.2. The standard InChI is InChI=1S/C22H20ClN5O4/c1-14-17(21(23)28(27-14)16-5-3-2-4-6-16)12-25-26-20(29)13-24-22(30)15-7-8-18-19(11-15)32-10-9-31-18/h2-8,11-12H,9-10,13H2,1H3,(H,24,30)(H,26,29)/b25-12+. The maximum absolute atomic E-state index is 12.3. The molecular formula is C22H20ClN5O4. The van der Waals surface area contributed by atoms with Gasteiger partial charge in [-0.25, -0.2) is 10.1 Å². The van der Waals surface area contributed by atoms with Crippen LogP contribution in [0.5, 0.6) is 11.5 Å². The lowest BCUT2D eigenvalue weighted by molar-refractivity contribution is -0.120. The SMILES string of the molecule is Cc1nn(-c2ccccc2)c(Cl)c1/C=N/NC(=O)CNC(=O)c1ccc2c(c1)OCCO2. The number of aryl methyl sites for hydroxylation is 1. The molecule has 0 saturated carbocycles. The molecule has 0 fully saturated rings. The van der Waals surface area contributed by atoms with E-state index < -0.39 is 11.8 Å². The number of hydrogen-bond donors (Lipinski definition) is 2. The van der Waals surface area contributed by atoms with E-state index in [0.717, 1.165) is 5.69 Å². The molecule has 0 unspecified atom stereocenters. The first-order valence-electron chi connectivity index (χ1n) is 9.83. The van der Waals surface area contributed by atoms with Crippen molar-refractivity contribution in [3.63, 3.8) is 0 Å². The second kappa shape index (κ2) is 9.52. The van der Waals surface area contributed by atoms with E-state index in [1.807, 2.05) is 30.3 Å². The summed E-state index contributed by atoms with van der Waals surface area (Å²) in [4.78, 5) is 24.4. The minimum Gasteiger partial charge on any atom is -0.486 e. The van der Waals surface area contributed by atoms with Crippen molar-refractivity contribution in [1.29, 1.82) is 0 Å². The summed E-state index contributed by atoms with van der Waals surface area (Å²) in [5.41, 5.74) is 4.78. The van der Waals surface area contributed by atoms with E-state index in [2.05, 4.69) is 20.9 Å². The van der Waals surface area contributed by atoms with Crippen LogP contribution >= 0.6 is 11.6 Å². The van der Waals surface area contributed by atoms with Gasteiger partial charge in [0.2, 0.25) is 0 Å². The van der Waals surface area contributed by atoms with Crippen molar-refractivity contribution >= 4 is 29.6 Å². The topological polar surface area (TPSA) is 107 Å². The predicted molar refractivity (Wildman–Crippen MR) is 119 cm³/mol. The van der Waals surface area contributed by atoms with E-state index in [0.29, 0.717) is 46.7 Å². The van der Waals surface area contributed by atoms with E-state index in [9.17, 15) is 9.59 Å². The largest absolute Gasteiger partial charge is 0.486 e. The fourth-order valence-corrected chi connectivity index (χ4v) is 3.37. The fraction of sp³-hybridized carbons (Fsp3) is 0.182. The number of hydrogen-bond acceptors (Lipinski definition) is 6. The van der Waals surface area contributed by atoms with Crippen molar-refractivity contribution in [2.45, 2.75) is 6.92 Å². The third-order valence-corrected chi connectivity index (χ3v) is 5.01. The van der Waals surface area contributed by atoms with Crippen LogP contribution in [-0.4, -0.2) is 47.6 Å². The number of amides is 2. The van der Waals surface area contributed by atoms with Gasteiger partial charge in [0.15, 0.2) is 11.5 Å². The number of benzene rings is 2. The number of nitrogens with zero attached hydrogens (tertiary/aromatic N) is 3. The molecule has 9 nitrogen and oxygen atoms in total. The first-order valence-corrected chi connectivity index (χ1v) is 10.2. The van der Waals surface area contributed by atoms with Gasteiger partial charge in [-0.3, -0.25) is 9.59 Å². The number of carbonyl (C=O) groups excluding carboxylic acids is 2. The molecule has 32 heavy (non-hydrogen) atoms. The molecule has 0 bridgehead atoms. The van der Waals surface area contributed by atoms with Gasteiger partial charge in [-0.1, -0.05) is 29.8 Å². The minimum absolute atomic E-state index is 0.249. The van der Waals surface area contributed by atoms with Crippen molar-refractivity contribution < 1.29 is 19.1 Å². The highest BCUT2D eigenvalue weighted by Crippen LogP contribution is 2.30. The van der Waals surface area contributed by atoms with Crippen LogP contribution < -0.4 is 20.2 Å². The van der Waals surface area contributed by atoms with Crippen LogP contribution in [0, 0.1) is 6.92 Å². The second-order valence-electron chi connectivity index (χ2n) is 6.87. The number of fused-ring (bicyclic) bond motifs is 1. The number of para-hydroxylation sites is 1. The summed E-state index contributed by atoms with van der Waals surface area (Å²) in [5, 5.41) is 11.2. The molecule has 3 aromatic rings. The summed E-state index contributed by atoms with van der Waals surface area (Å²) >= 11 is 6.42. The van der Waals surface area contributed by atoms with Gasteiger partial charge in [0.25, 0.3) is 11.8 Å². The number of halogens is 1. The van der Waals surface area contributed by atoms with Crippen LogP contribution in [-0.2, 0) is 4.79 Å². The van der Waals surface area contributed by atoms with Crippen molar-refractivity contribution in [1.82, 2.24) is 20.5 Å². The van der Waals surface area contributed by atoms with Crippen LogP contribution in [0.4, 0.5) is 0 Å². The quantitative estimate of drug-likeness (QED) is 0.440. The maximum atomic E-state index is 12.3. The summed E-state index contributed by atoms with van der Waals surface area (Å²) in [6, 6.07) is 14.3. The highest BCUT2D eigenvalue weighted by atomic mass is 35.5. The maximum Gasteiger partial charge on any atom is 0.259 e. The highest BCUT2D eigenvalue weighted by Gasteiger charge is 2.16. The van der Waals surface area contributed by atoms with Crippen molar-refractivity contribution in [2.75, 3.05) is 19.8 Å². The Labute approximate surface area is 189 Å². The molecule has 0 radical (unpaired) electrons. The second-order valence-corrected chi connectivity index (χ2v) is 7.23. The Bertz CT molecular complexity index is 1180. The zero-order chi connectivity index (χ0) is 22.5. The van der Waals surface area contributed by atoms with E-state index in [4.69, 9.17) is 21.1 Å². The molecular weight excluding hydrogens is 434 g/mol. The Hall–Kier alpha value is -3.85. The Kier molecular flexibility index (Phi) is 6.37. The first-order chi connectivity index (χ1) is 15.5. The Morgan fingerprint density at radius 2 is 1.91 bits per heavy atom. The molecule has 0 aliphatic carbocycles. The van der Waals surface area contributed by atoms with Gasteiger partial charge >= 0.3 is 0 Å². The number of hydrazone groups is 1. The molecule has 10 heteroatoms. The van der Waals surface area contributed by atoms with Gasteiger partial charge in [0, 0.05) is 5.56 Å². The van der Waals surface area contributed by atoms with Crippen LogP contribution in [0.2, 0.25) is 5.15 Å². The monoisotopic (exact) mass is 453 g/mol. The number of rotatable bonds is 6. The molecule has 1 aliphatic rings. The Morgan fingerprint density at radius 1 is 1.16 bits per heavy atom. The van der Waals surface area contributed by atoms with Crippen LogP contribution in [0.1, 0.15) is 21.6 Å². The lowest BCUT2D eigenvalue weighted by Gasteiger charge is -2.18. The van der Waals surface area contributed by atoms with E-state index in [1.165, 1.54) is 6.21 Å². The van der Waals surface area contributed by atoms with Gasteiger partial charge < -0.3 is 14.8 Å². The van der Waals surface area contributed by atoms with E-state index in [-0.39, 0.29) is 6.54 Å². The summed E-state index contributed by atoms with van der Waals surface area (Å²) in [7, 11) is 0. The fourth-order valence-electron chi connectivity index (χ4n) is 3.05. The average molecular weight is 454 g/mol. The van der Waals surface area contributed by atoms with E-state index in [1.54, 1.807) is 29.8 Å². The van der Waals surface area contributed by atoms with Gasteiger partial charge in [-0.05, 0) is 37.3 Å². The number of nitrogens with one attached hydrogen (secondary N) is 2. The summed E-state index contributed by atoms with van der Waals surface area (Å²) in [6.45, 7) is 2.44. The molecule has 2 heterocycles. The van der Waals surface area contributed by atoms with Crippen molar-refractivity contribution in [3.05, 3.63) is 70.5 Å². The molecule has 1 aliphatic heterocycles. The minimum atomic E-state index is -0.489. The molecule has 0 atom stereocenters.